The molecular weight excluding hydrogens is 388 g/mol. The quantitative estimate of drug-likeness (QED) is 0.703. The summed E-state index contributed by atoms with van der Waals surface area (Å²) in [7, 11) is 2.99. The lowest BCUT2D eigenvalue weighted by atomic mass is 10.1. The van der Waals surface area contributed by atoms with E-state index in [4.69, 9.17) is 14.2 Å². The lowest BCUT2D eigenvalue weighted by molar-refractivity contribution is -0.151. The number of nitrogens with zero attached hydrogens (tertiary/aromatic N) is 1. The molecule has 2 amide bonds. The maximum Gasteiger partial charge on any atom is 0.311 e. The smallest absolute Gasteiger partial charge is 0.311 e. The topological polar surface area (TPSA) is 94.2 Å². The summed E-state index contributed by atoms with van der Waals surface area (Å²) >= 11 is 0. The summed E-state index contributed by atoms with van der Waals surface area (Å²) in [4.78, 5) is 38.6. The van der Waals surface area contributed by atoms with E-state index in [1.807, 2.05) is 31.2 Å². The third-order valence-electron chi connectivity index (χ3n) is 4.89. The highest BCUT2D eigenvalue weighted by Gasteiger charge is 2.36. The second-order valence-electron chi connectivity index (χ2n) is 6.91. The number of methoxy groups -OCH3 is 2. The molecule has 1 heterocycles. The van der Waals surface area contributed by atoms with Gasteiger partial charge in [0, 0.05) is 24.7 Å². The van der Waals surface area contributed by atoms with Crippen molar-refractivity contribution in [1.29, 1.82) is 0 Å². The molecule has 0 aromatic heterocycles. The van der Waals surface area contributed by atoms with Gasteiger partial charge in [-0.05, 0) is 30.7 Å². The summed E-state index contributed by atoms with van der Waals surface area (Å²) in [5.41, 5.74) is 2.13. The summed E-state index contributed by atoms with van der Waals surface area (Å²) in [5, 5.41) is 2.63. The van der Waals surface area contributed by atoms with Crippen LogP contribution in [0.3, 0.4) is 0 Å². The molecule has 2 aromatic carbocycles. The average molecular weight is 412 g/mol. The van der Waals surface area contributed by atoms with E-state index >= 15 is 0 Å². The molecule has 2 aromatic rings. The van der Waals surface area contributed by atoms with Crippen LogP contribution in [0.2, 0.25) is 0 Å². The van der Waals surface area contributed by atoms with Crippen LogP contribution in [-0.2, 0) is 19.1 Å². The number of carbonyl (C=O) groups excluding carboxylic acids is 3. The van der Waals surface area contributed by atoms with Gasteiger partial charge in [0.2, 0.25) is 5.91 Å². The number of hydrogen-bond acceptors (Lipinski definition) is 6. The van der Waals surface area contributed by atoms with Crippen LogP contribution in [0.5, 0.6) is 11.5 Å². The Morgan fingerprint density at radius 3 is 2.60 bits per heavy atom. The van der Waals surface area contributed by atoms with Crippen molar-refractivity contribution in [3.05, 3.63) is 48.0 Å². The van der Waals surface area contributed by atoms with E-state index in [1.165, 1.54) is 14.2 Å². The highest BCUT2D eigenvalue weighted by Crippen LogP contribution is 2.30. The van der Waals surface area contributed by atoms with Gasteiger partial charge in [0.25, 0.3) is 5.91 Å². The summed E-state index contributed by atoms with van der Waals surface area (Å²) in [5.74, 6) is -0.857. The molecule has 8 heteroatoms. The SMILES string of the molecule is COc1ccc(OC)c(NC(=O)COC(=O)[C@H]2CC(=O)N(c3ccccc3C)C2)c1. The lowest BCUT2D eigenvalue weighted by Crippen LogP contribution is -2.28. The number of rotatable bonds is 7. The fraction of sp³-hybridized carbons (Fsp3) is 0.318. The minimum absolute atomic E-state index is 0.0541. The summed E-state index contributed by atoms with van der Waals surface area (Å²) < 4.78 is 15.5. The second-order valence-corrected chi connectivity index (χ2v) is 6.91. The molecule has 1 aliphatic heterocycles. The van der Waals surface area contributed by atoms with Gasteiger partial charge in [-0.25, -0.2) is 0 Å². The Hall–Kier alpha value is -3.55. The van der Waals surface area contributed by atoms with Crippen molar-refractivity contribution in [2.45, 2.75) is 13.3 Å². The van der Waals surface area contributed by atoms with Gasteiger partial charge >= 0.3 is 5.97 Å². The Balaban J connectivity index is 1.57. The molecule has 8 nitrogen and oxygen atoms in total. The van der Waals surface area contributed by atoms with Gasteiger partial charge in [-0.15, -0.1) is 0 Å². The van der Waals surface area contributed by atoms with Crippen molar-refractivity contribution < 1.29 is 28.6 Å². The summed E-state index contributed by atoms with van der Waals surface area (Å²) in [6.45, 7) is 1.67. The normalized spacial score (nSPS) is 15.6. The summed E-state index contributed by atoms with van der Waals surface area (Å²) in [6, 6.07) is 12.5. The first kappa shape index (κ1) is 21.2. The lowest BCUT2D eigenvalue weighted by Gasteiger charge is -2.18. The van der Waals surface area contributed by atoms with Crippen molar-refractivity contribution in [3.8, 4) is 11.5 Å². The fourth-order valence-corrected chi connectivity index (χ4v) is 3.32. The predicted molar refractivity (Wildman–Crippen MR) is 111 cm³/mol. The van der Waals surface area contributed by atoms with Crippen molar-refractivity contribution in [2.75, 3.05) is 37.6 Å². The zero-order chi connectivity index (χ0) is 21.7. The Morgan fingerprint density at radius 2 is 1.90 bits per heavy atom. The van der Waals surface area contributed by atoms with E-state index in [2.05, 4.69) is 5.32 Å². The molecule has 0 saturated carbocycles. The molecule has 158 valence electrons. The van der Waals surface area contributed by atoms with Crippen LogP contribution in [-0.4, -0.2) is 45.2 Å². The van der Waals surface area contributed by atoms with Crippen LogP contribution in [0.25, 0.3) is 0 Å². The first-order valence-corrected chi connectivity index (χ1v) is 9.47. The standard InChI is InChI=1S/C22H24N2O6/c1-14-6-4-5-7-18(14)24-12-15(10-21(24)26)22(27)30-13-20(25)23-17-11-16(28-2)8-9-19(17)29-3/h4-9,11,15H,10,12-13H2,1-3H3,(H,23,25)/t15-/m0/s1. The van der Waals surface area contributed by atoms with Crippen molar-refractivity contribution in [2.24, 2.45) is 5.92 Å². The second kappa shape index (κ2) is 9.30. The zero-order valence-corrected chi connectivity index (χ0v) is 17.1. The van der Waals surface area contributed by atoms with Crippen LogP contribution in [0.1, 0.15) is 12.0 Å². The molecule has 3 rings (SSSR count). The van der Waals surface area contributed by atoms with Gasteiger partial charge in [-0.1, -0.05) is 18.2 Å². The molecule has 1 aliphatic rings. The minimum atomic E-state index is -0.615. The van der Waals surface area contributed by atoms with E-state index < -0.39 is 24.4 Å². The molecule has 0 aliphatic carbocycles. The number of hydrogen-bond donors (Lipinski definition) is 1. The van der Waals surface area contributed by atoms with Crippen molar-refractivity contribution in [1.82, 2.24) is 0 Å². The van der Waals surface area contributed by atoms with E-state index in [0.29, 0.717) is 17.2 Å². The van der Waals surface area contributed by atoms with Gasteiger partial charge in [-0.2, -0.15) is 0 Å². The number of nitrogens with one attached hydrogen (secondary N) is 1. The highest BCUT2D eigenvalue weighted by atomic mass is 16.5. The number of ether oxygens (including phenoxy) is 3. The predicted octanol–water partition coefficient (Wildman–Crippen LogP) is 2.55. The molecule has 0 radical (unpaired) electrons. The monoisotopic (exact) mass is 412 g/mol. The zero-order valence-electron chi connectivity index (χ0n) is 17.1. The van der Waals surface area contributed by atoms with E-state index in [0.717, 1.165) is 11.3 Å². The maximum absolute atomic E-state index is 12.4. The molecule has 1 fully saturated rings. The molecule has 0 bridgehead atoms. The van der Waals surface area contributed by atoms with Gasteiger partial charge in [0.15, 0.2) is 6.61 Å². The average Bonchev–Trinajstić information content (AvgIpc) is 3.13. The van der Waals surface area contributed by atoms with Crippen molar-refractivity contribution in [3.63, 3.8) is 0 Å². The molecule has 0 spiro atoms. The first-order chi connectivity index (χ1) is 14.4. The number of anilines is 2. The van der Waals surface area contributed by atoms with Crippen LogP contribution in [0.4, 0.5) is 11.4 Å². The fourth-order valence-electron chi connectivity index (χ4n) is 3.32. The highest BCUT2D eigenvalue weighted by molar-refractivity contribution is 6.00. The molecule has 1 atom stereocenters. The number of carbonyl (C=O) groups is 3. The largest absolute Gasteiger partial charge is 0.497 e. The molecule has 1 saturated heterocycles. The van der Waals surface area contributed by atoms with E-state index in [9.17, 15) is 14.4 Å². The Bertz CT molecular complexity index is 958. The number of esters is 1. The van der Waals surface area contributed by atoms with Crippen LogP contribution in [0, 0.1) is 12.8 Å². The van der Waals surface area contributed by atoms with Crippen LogP contribution < -0.4 is 19.7 Å². The van der Waals surface area contributed by atoms with Crippen LogP contribution in [0.15, 0.2) is 42.5 Å². The van der Waals surface area contributed by atoms with Gasteiger partial charge in [0.1, 0.15) is 11.5 Å². The summed E-state index contributed by atoms with van der Waals surface area (Å²) in [6.07, 6.45) is 0.0541. The molecule has 1 N–H and O–H groups in total. The van der Waals surface area contributed by atoms with Crippen molar-refractivity contribution >= 4 is 29.2 Å². The molecular formula is C22H24N2O6. The number of amides is 2. The number of benzene rings is 2. The van der Waals surface area contributed by atoms with E-state index in [-0.39, 0.29) is 18.9 Å². The minimum Gasteiger partial charge on any atom is -0.497 e. The Kier molecular flexibility index (Phi) is 6.56. The van der Waals surface area contributed by atoms with Gasteiger partial charge in [-0.3, -0.25) is 14.4 Å². The number of para-hydroxylation sites is 1. The first-order valence-electron chi connectivity index (χ1n) is 9.47. The maximum atomic E-state index is 12.4. The third-order valence-corrected chi connectivity index (χ3v) is 4.89. The molecule has 30 heavy (non-hydrogen) atoms. The Morgan fingerprint density at radius 1 is 1.13 bits per heavy atom. The molecule has 0 unspecified atom stereocenters. The van der Waals surface area contributed by atoms with Gasteiger partial charge < -0.3 is 24.4 Å². The van der Waals surface area contributed by atoms with Gasteiger partial charge in [0.05, 0.1) is 25.8 Å². The van der Waals surface area contributed by atoms with Crippen LogP contribution >= 0.6 is 0 Å². The Labute approximate surface area is 174 Å². The third kappa shape index (κ3) is 4.71. The van der Waals surface area contributed by atoms with E-state index in [1.54, 1.807) is 23.1 Å². The number of aryl methyl sites for hydroxylation is 1.